The van der Waals surface area contributed by atoms with Crippen LogP contribution in [0.5, 0.6) is 17.2 Å². The molecule has 4 rings (SSSR count). The van der Waals surface area contributed by atoms with Crippen LogP contribution in [0, 0.1) is 12.3 Å². The first kappa shape index (κ1) is 66.5. The quantitative estimate of drug-likeness (QED) is 0.0217. The molecule has 0 aliphatic carbocycles. The Kier molecular flexibility index (Phi) is 26.8. The van der Waals surface area contributed by atoms with E-state index in [1.807, 2.05) is 51.1 Å². The predicted molar refractivity (Wildman–Crippen MR) is 308 cm³/mol. The first-order valence-electron chi connectivity index (χ1n) is 27.2. The van der Waals surface area contributed by atoms with Crippen LogP contribution in [0.4, 0.5) is 0 Å². The van der Waals surface area contributed by atoms with Crippen LogP contribution in [0.25, 0.3) is 0 Å². The van der Waals surface area contributed by atoms with E-state index in [1.165, 1.54) is 0 Å². The fourth-order valence-corrected chi connectivity index (χ4v) is 7.79. The molecule has 0 bridgehead atoms. The van der Waals surface area contributed by atoms with Gasteiger partial charge in [-0.05, 0) is 122 Å². The number of hydrogen-bond donors (Lipinski definition) is 6. The van der Waals surface area contributed by atoms with Gasteiger partial charge in [-0.3, -0.25) is 33.6 Å². The Bertz CT molecular complexity index is 2700. The molecule has 444 valence electrons. The van der Waals surface area contributed by atoms with Gasteiger partial charge in [0.25, 0.3) is 0 Å². The number of esters is 2. The van der Waals surface area contributed by atoms with Crippen molar-refractivity contribution in [3.8, 4) is 29.6 Å². The molecule has 20 nitrogen and oxygen atoms in total. The predicted octanol–water partition coefficient (Wildman–Crippen LogP) is 4.86. The summed E-state index contributed by atoms with van der Waals surface area (Å²) in [4.78, 5) is 98.2. The zero-order valence-corrected chi connectivity index (χ0v) is 48.6. The maximum absolute atomic E-state index is 14.7. The number of benzene rings is 4. The Balaban J connectivity index is 1.52. The summed E-state index contributed by atoms with van der Waals surface area (Å²) in [5, 5.41) is 13.4. The molecule has 0 aliphatic rings. The van der Waals surface area contributed by atoms with Gasteiger partial charge in [-0.25, -0.2) is 0 Å². The van der Waals surface area contributed by atoms with Crippen LogP contribution < -0.4 is 46.5 Å². The third kappa shape index (κ3) is 27.0. The van der Waals surface area contributed by atoms with E-state index in [2.05, 4.69) is 32.5 Å². The molecule has 5 amide bonds. The molecule has 7 N–H and O–H groups in total. The van der Waals surface area contributed by atoms with Crippen molar-refractivity contribution in [3.05, 3.63) is 126 Å². The summed E-state index contributed by atoms with van der Waals surface area (Å²) in [6.07, 6.45) is 3.89. The lowest BCUT2D eigenvalue weighted by Crippen LogP contribution is -2.60. The zero-order valence-electron chi connectivity index (χ0n) is 48.6. The summed E-state index contributed by atoms with van der Waals surface area (Å²) >= 11 is 0. The standard InChI is InChI=1S/C62H82N6O14/c1-11-31-78-45-26-28-46(29-27-45)79-36-35-77-34-33-76-32-30-64-56(72)51(40-53(69)81-61(5,6)7)67-59(75)52(41-54(70)82-62(8,9)10)68-58(74)50(38-43-20-16-13-17-21-43)66-57(73)49(39-44-22-24-47(25-23-44)80-60(2,3)4)65-55(71)48(63)37-42-18-14-12-15-19-42/h1,12-29,48-52H,30-41,63H2,2-10H3,(H,64,72)(H,65,71)(H,66,73)(H,67,75)(H,68,74)/t48-,49?,50-,51-,52-/m0/s1. The van der Waals surface area contributed by atoms with Crippen molar-refractivity contribution >= 4 is 41.5 Å². The molecule has 1 unspecified atom stereocenters. The van der Waals surface area contributed by atoms with E-state index in [9.17, 15) is 33.6 Å². The topological polar surface area (TPSA) is 270 Å². The number of rotatable bonds is 32. The number of carbonyl (C=O) groups excluding carboxylic acids is 7. The van der Waals surface area contributed by atoms with Crippen molar-refractivity contribution in [3.63, 3.8) is 0 Å². The van der Waals surface area contributed by atoms with Gasteiger partial charge in [-0.15, -0.1) is 6.42 Å². The van der Waals surface area contributed by atoms with E-state index in [4.69, 9.17) is 45.3 Å². The molecule has 20 heteroatoms. The Morgan fingerprint density at radius 3 is 1.35 bits per heavy atom. The molecular formula is C62H82N6O14. The van der Waals surface area contributed by atoms with Gasteiger partial charge in [0.2, 0.25) is 29.5 Å². The van der Waals surface area contributed by atoms with Crippen LogP contribution >= 0.6 is 0 Å². The minimum atomic E-state index is -1.72. The Labute approximate surface area is 481 Å². The second-order valence-electron chi connectivity index (χ2n) is 22.2. The summed E-state index contributed by atoms with van der Waals surface area (Å²) in [6.45, 7) is 16.6. The second-order valence-corrected chi connectivity index (χ2v) is 22.2. The molecule has 0 aliphatic heterocycles. The highest BCUT2D eigenvalue weighted by Gasteiger charge is 2.35. The van der Waals surface area contributed by atoms with Crippen molar-refractivity contribution in [1.82, 2.24) is 26.6 Å². The van der Waals surface area contributed by atoms with Crippen LogP contribution in [0.1, 0.15) is 91.8 Å². The number of nitrogens with two attached hydrogens (primary N) is 1. The van der Waals surface area contributed by atoms with Crippen LogP contribution in [0.15, 0.2) is 109 Å². The molecule has 0 spiro atoms. The second kappa shape index (κ2) is 33.1. The number of ether oxygens (including phenoxy) is 7. The molecule has 4 aromatic rings. The van der Waals surface area contributed by atoms with Gasteiger partial charge in [-0.2, -0.15) is 0 Å². The van der Waals surface area contributed by atoms with Crippen LogP contribution in [-0.2, 0) is 71.8 Å². The molecule has 0 heterocycles. The van der Waals surface area contributed by atoms with E-state index >= 15 is 0 Å². The number of nitrogens with one attached hydrogen (secondary N) is 5. The fourth-order valence-electron chi connectivity index (χ4n) is 7.79. The average molecular weight is 1140 g/mol. The van der Waals surface area contributed by atoms with E-state index in [0.717, 1.165) is 5.56 Å². The normalized spacial score (nSPS) is 13.3. The molecule has 0 radical (unpaired) electrons. The molecule has 0 saturated heterocycles. The number of amides is 5. The number of terminal acetylenes is 1. The van der Waals surface area contributed by atoms with Gasteiger partial charge in [0.15, 0.2) is 0 Å². The highest BCUT2D eigenvalue weighted by atomic mass is 16.6. The zero-order chi connectivity index (χ0) is 60.3. The van der Waals surface area contributed by atoms with Gasteiger partial charge in [-0.1, -0.05) is 78.7 Å². The molecule has 0 fully saturated rings. The summed E-state index contributed by atoms with van der Waals surface area (Å²) in [7, 11) is 0. The van der Waals surface area contributed by atoms with Crippen LogP contribution in [-0.4, -0.2) is 135 Å². The SMILES string of the molecule is C#CCOc1ccc(OCCOCCOCCNC(=O)[C@H](CC(=O)OC(C)(C)C)NC(=O)[C@H](CC(=O)OC(C)(C)C)NC(=O)[C@H](Cc2ccccc2)NC(=O)C(Cc2ccc(OC(C)(C)C)cc2)NC(=O)[C@@H](N)Cc2ccccc2)cc1. The first-order valence-corrected chi connectivity index (χ1v) is 27.2. The third-order valence-electron chi connectivity index (χ3n) is 11.4. The maximum Gasteiger partial charge on any atom is 0.308 e. The fraction of sp³-hybridized carbons (Fsp3) is 0.468. The van der Waals surface area contributed by atoms with E-state index in [0.29, 0.717) is 28.4 Å². The van der Waals surface area contributed by atoms with Crippen LogP contribution in [0.3, 0.4) is 0 Å². The van der Waals surface area contributed by atoms with Crippen molar-refractivity contribution in [2.75, 3.05) is 46.2 Å². The molecule has 0 aromatic heterocycles. The summed E-state index contributed by atoms with van der Waals surface area (Å²) < 4.78 is 39.3. The summed E-state index contributed by atoms with van der Waals surface area (Å²) in [5.41, 5.74) is 6.01. The Morgan fingerprint density at radius 2 is 0.866 bits per heavy atom. The average Bonchev–Trinajstić information content (AvgIpc) is 3.47. The van der Waals surface area contributed by atoms with Gasteiger partial charge in [0.05, 0.1) is 45.3 Å². The minimum Gasteiger partial charge on any atom is -0.491 e. The van der Waals surface area contributed by atoms with Gasteiger partial charge >= 0.3 is 11.9 Å². The van der Waals surface area contributed by atoms with Crippen molar-refractivity contribution in [1.29, 1.82) is 0 Å². The van der Waals surface area contributed by atoms with Crippen molar-refractivity contribution < 1.29 is 66.7 Å². The lowest BCUT2D eigenvalue weighted by Gasteiger charge is -2.28. The van der Waals surface area contributed by atoms with Crippen molar-refractivity contribution in [2.45, 2.75) is 141 Å². The Hall–Kier alpha value is -7.99. The monoisotopic (exact) mass is 1130 g/mol. The van der Waals surface area contributed by atoms with Crippen LogP contribution in [0.2, 0.25) is 0 Å². The highest BCUT2D eigenvalue weighted by molar-refractivity contribution is 5.98. The van der Waals surface area contributed by atoms with Crippen molar-refractivity contribution in [2.24, 2.45) is 5.73 Å². The lowest BCUT2D eigenvalue weighted by atomic mass is 10.0. The minimum absolute atomic E-state index is 0.0301. The van der Waals surface area contributed by atoms with Gasteiger partial charge in [0, 0.05) is 19.4 Å². The third-order valence-corrected chi connectivity index (χ3v) is 11.4. The number of hydrogen-bond acceptors (Lipinski definition) is 15. The first-order chi connectivity index (χ1) is 38.8. The highest BCUT2D eigenvalue weighted by Crippen LogP contribution is 2.21. The maximum atomic E-state index is 14.7. The number of carbonyl (C=O) groups is 7. The molecule has 0 saturated carbocycles. The van der Waals surface area contributed by atoms with Gasteiger partial charge in [0.1, 0.15) is 71.4 Å². The largest absolute Gasteiger partial charge is 0.491 e. The molecular weight excluding hydrogens is 1050 g/mol. The smallest absolute Gasteiger partial charge is 0.308 e. The van der Waals surface area contributed by atoms with E-state index < -0.39 is 101 Å². The molecule has 5 atom stereocenters. The van der Waals surface area contributed by atoms with E-state index in [-0.39, 0.29) is 65.4 Å². The summed E-state index contributed by atoms with van der Waals surface area (Å²) in [5.74, 6) is -1.60. The lowest BCUT2D eigenvalue weighted by molar-refractivity contribution is -0.158. The van der Waals surface area contributed by atoms with Gasteiger partial charge < -0.3 is 65.5 Å². The molecule has 82 heavy (non-hydrogen) atoms. The molecule has 4 aromatic carbocycles. The van der Waals surface area contributed by atoms with E-state index in [1.54, 1.807) is 120 Å². The summed E-state index contributed by atoms with van der Waals surface area (Å²) in [6, 6.07) is 24.8. The Morgan fingerprint density at radius 1 is 0.463 bits per heavy atom.